The summed E-state index contributed by atoms with van der Waals surface area (Å²) in [7, 11) is 0. The zero-order chi connectivity index (χ0) is 19.9. The summed E-state index contributed by atoms with van der Waals surface area (Å²) < 4.78 is 38.7. The van der Waals surface area contributed by atoms with Crippen molar-refractivity contribution in [3.05, 3.63) is 23.8 Å². The minimum absolute atomic E-state index is 0. The van der Waals surface area contributed by atoms with Crippen LogP contribution in [0.5, 0.6) is 0 Å². The Kier molecular flexibility index (Phi) is 12.9. The molecule has 0 unspecified atom stereocenters. The third kappa shape index (κ3) is 8.99. The lowest BCUT2D eigenvalue weighted by Gasteiger charge is -2.17. The summed E-state index contributed by atoms with van der Waals surface area (Å²) in [5.74, 6) is -1.25. The Labute approximate surface area is 175 Å². The Morgan fingerprint density at radius 1 is 1.14 bits per heavy atom. The average molecular weight is 447 g/mol. The van der Waals surface area contributed by atoms with Crippen LogP contribution in [0.3, 0.4) is 0 Å². The van der Waals surface area contributed by atoms with Crippen molar-refractivity contribution >= 4 is 48.0 Å². The largest absolute Gasteiger partial charge is 0.416 e. The molecule has 1 rings (SSSR count). The molecule has 0 fully saturated rings. The van der Waals surface area contributed by atoms with Gasteiger partial charge in [0.05, 0.1) is 29.5 Å². The van der Waals surface area contributed by atoms with Crippen molar-refractivity contribution < 1.29 is 22.8 Å². The maximum atomic E-state index is 12.9. The molecule has 0 aromatic heterocycles. The van der Waals surface area contributed by atoms with E-state index in [4.69, 9.17) is 5.73 Å². The molecule has 5 N–H and O–H groups in total. The molecule has 0 radical (unpaired) electrons. The fourth-order valence-electron chi connectivity index (χ4n) is 2.02. The standard InChI is InChI=1S/C17H25F3N4O2.2ClH/c1-4-7-22-12-6-5-11(17(18,19)20)8-13(12)24-14(25)9-23-16(26)15(21)10(2)3;;/h5-6,8,10,15,22H,4,7,9,21H2,1-3H3,(H,23,26)(H,24,25);2*1H/t15-;;/m0../s1. The van der Waals surface area contributed by atoms with Crippen molar-refractivity contribution in [2.75, 3.05) is 23.7 Å². The number of nitrogens with two attached hydrogens (primary N) is 1. The highest BCUT2D eigenvalue weighted by Crippen LogP contribution is 2.34. The van der Waals surface area contributed by atoms with Gasteiger partial charge in [-0.3, -0.25) is 9.59 Å². The number of carbonyl (C=O) groups is 2. The van der Waals surface area contributed by atoms with Crippen LogP contribution >= 0.6 is 24.8 Å². The molecule has 11 heteroatoms. The summed E-state index contributed by atoms with van der Waals surface area (Å²) in [6, 6.07) is 2.30. The van der Waals surface area contributed by atoms with Crippen molar-refractivity contribution in [1.82, 2.24) is 5.32 Å². The third-order valence-electron chi connectivity index (χ3n) is 3.63. The molecule has 0 saturated heterocycles. The van der Waals surface area contributed by atoms with Crippen LogP contribution in [0.2, 0.25) is 0 Å². The average Bonchev–Trinajstić information content (AvgIpc) is 2.56. The Morgan fingerprint density at radius 2 is 1.75 bits per heavy atom. The second-order valence-corrected chi connectivity index (χ2v) is 6.22. The number of amides is 2. The fourth-order valence-corrected chi connectivity index (χ4v) is 2.02. The van der Waals surface area contributed by atoms with Crippen LogP contribution in [0.25, 0.3) is 0 Å². The number of hydrogen-bond donors (Lipinski definition) is 4. The van der Waals surface area contributed by atoms with Crippen LogP contribution < -0.4 is 21.7 Å². The van der Waals surface area contributed by atoms with Crippen molar-refractivity contribution in [3.8, 4) is 0 Å². The summed E-state index contributed by atoms with van der Waals surface area (Å²) in [6.45, 7) is 5.58. The summed E-state index contributed by atoms with van der Waals surface area (Å²) in [6.07, 6.45) is -3.77. The van der Waals surface area contributed by atoms with Crippen LogP contribution in [0, 0.1) is 5.92 Å². The molecule has 6 nitrogen and oxygen atoms in total. The maximum absolute atomic E-state index is 12.9. The molecule has 0 aliphatic rings. The van der Waals surface area contributed by atoms with Gasteiger partial charge in [0.1, 0.15) is 0 Å². The topological polar surface area (TPSA) is 96.2 Å². The molecule has 2 amide bonds. The predicted molar refractivity (Wildman–Crippen MR) is 109 cm³/mol. The maximum Gasteiger partial charge on any atom is 0.416 e. The van der Waals surface area contributed by atoms with Crippen LogP contribution in [-0.2, 0) is 15.8 Å². The van der Waals surface area contributed by atoms with Gasteiger partial charge in [-0.15, -0.1) is 24.8 Å². The molecular weight excluding hydrogens is 420 g/mol. The van der Waals surface area contributed by atoms with Gasteiger partial charge in [-0.25, -0.2) is 0 Å². The van der Waals surface area contributed by atoms with Gasteiger partial charge in [0.2, 0.25) is 11.8 Å². The molecule has 0 aliphatic heterocycles. The first-order valence-corrected chi connectivity index (χ1v) is 8.34. The van der Waals surface area contributed by atoms with Gasteiger partial charge < -0.3 is 21.7 Å². The van der Waals surface area contributed by atoms with Gasteiger partial charge in [-0.2, -0.15) is 13.2 Å². The number of nitrogens with one attached hydrogen (secondary N) is 3. The Morgan fingerprint density at radius 3 is 2.25 bits per heavy atom. The van der Waals surface area contributed by atoms with Gasteiger partial charge >= 0.3 is 6.18 Å². The van der Waals surface area contributed by atoms with Crippen molar-refractivity contribution in [2.45, 2.75) is 39.4 Å². The number of hydrogen-bond acceptors (Lipinski definition) is 4. The lowest BCUT2D eigenvalue weighted by molar-refractivity contribution is -0.137. The molecule has 1 aromatic carbocycles. The van der Waals surface area contributed by atoms with E-state index in [1.807, 2.05) is 6.92 Å². The summed E-state index contributed by atoms with van der Waals surface area (Å²) in [5.41, 5.74) is 5.17. The summed E-state index contributed by atoms with van der Waals surface area (Å²) in [4.78, 5) is 23.8. The van der Waals surface area contributed by atoms with Crippen molar-refractivity contribution in [1.29, 1.82) is 0 Å². The highest BCUT2D eigenvalue weighted by atomic mass is 35.5. The first-order chi connectivity index (χ1) is 12.1. The number of alkyl halides is 3. The summed E-state index contributed by atoms with van der Waals surface area (Å²) >= 11 is 0. The van der Waals surface area contributed by atoms with E-state index < -0.39 is 29.6 Å². The molecule has 0 saturated carbocycles. The molecule has 1 aromatic rings. The van der Waals surface area contributed by atoms with E-state index in [2.05, 4.69) is 16.0 Å². The van der Waals surface area contributed by atoms with Gasteiger partial charge in [0, 0.05) is 6.54 Å². The molecule has 0 aliphatic carbocycles. The van der Waals surface area contributed by atoms with Crippen molar-refractivity contribution in [2.24, 2.45) is 11.7 Å². The number of benzene rings is 1. The third-order valence-corrected chi connectivity index (χ3v) is 3.63. The molecule has 0 bridgehead atoms. The highest BCUT2D eigenvalue weighted by Gasteiger charge is 2.31. The van der Waals surface area contributed by atoms with Crippen LogP contribution in [0.15, 0.2) is 18.2 Å². The quantitative estimate of drug-likeness (QED) is 0.491. The van der Waals surface area contributed by atoms with E-state index in [0.29, 0.717) is 12.2 Å². The molecule has 28 heavy (non-hydrogen) atoms. The lowest BCUT2D eigenvalue weighted by Crippen LogP contribution is -2.46. The second kappa shape index (κ2) is 12.7. The van der Waals surface area contributed by atoms with E-state index in [1.165, 1.54) is 6.07 Å². The van der Waals surface area contributed by atoms with E-state index in [0.717, 1.165) is 18.6 Å². The fraction of sp³-hybridized carbons (Fsp3) is 0.529. The smallest absolute Gasteiger partial charge is 0.383 e. The normalized spacial score (nSPS) is 11.7. The Bertz CT molecular complexity index is 643. The summed E-state index contributed by atoms with van der Waals surface area (Å²) in [5, 5.41) is 7.73. The highest BCUT2D eigenvalue weighted by molar-refractivity contribution is 5.97. The van der Waals surface area contributed by atoms with Gasteiger partial charge in [0.15, 0.2) is 0 Å². The minimum Gasteiger partial charge on any atom is -0.383 e. The molecular formula is C17H27Cl2F3N4O2. The number of anilines is 2. The van der Waals surface area contributed by atoms with Gasteiger partial charge in [-0.05, 0) is 30.5 Å². The SMILES string of the molecule is CCCNc1ccc(C(F)(F)F)cc1NC(=O)CNC(=O)[C@@H](N)C(C)C.Cl.Cl. The number of halogens is 5. The van der Waals surface area contributed by atoms with E-state index in [1.54, 1.807) is 13.8 Å². The predicted octanol–water partition coefficient (Wildman–Crippen LogP) is 3.41. The molecule has 0 spiro atoms. The Hall–Kier alpha value is -1.71. The van der Waals surface area contributed by atoms with E-state index in [9.17, 15) is 22.8 Å². The Balaban J connectivity index is 0. The lowest BCUT2D eigenvalue weighted by atomic mass is 10.1. The second-order valence-electron chi connectivity index (χ2n) is 6.22. The van der Waals surface area contributed by atoms with Gasteiger partial charge in [0.25, 0.3) is 0 Å². The zero-order valence-corrected chi connectivity index (χ0v) is 17.5. The van der Waals surface area contributed by atoms with Crippen molar-refractivity contribution in [3.63, 3.8) is 0 Å². The molecule has 1 atom stereocenters. The first-order valence-electron chi connectivity index (χ1n) is 8.34. The van der Waals surface area contributed by atoms with Gasteiger partial charge in [-0.1, -0.05) is 20.8 Å². The van der Waals surface area contributed by atoms with E-state index in [-0.39, 0.29) is 43.0 Å². The number of rotatable bonds is 8. The van der Waals surface area contributed by atoms with Crippen LogP contribution in [-0.4, -0.2) is 30.9 Å². The van der Waals surface area contributed by atoms with Crippen LogP contribution in [0.4, 0.5) is 24.5 Å². The van der Waals surface area contributed by atoms with E-state index >= 15 is 0 Å². The molecule has 0 heterocycles. The molecule has 162 valence electrons. The zero-order valence-electron chi connectivity index (χ0n) is 15.9. The minimum atomic E-state index is -4.53. The van der Waals surface area contributed by atoms with Crippen LogP contribution in [0.1, 0.15) is 32.8 Å². The monoisotopic (exact) mass is 446 g/mol. The first kappa shape index (κ1) is 28.5. The number of carbonyl (C=O) groups excluding carboxylic acids is 2.